The van der Waals surface area contributed by atoms with Crippen molar-refractivity contribution in [2.45, 2.75) is 20.3 Å². The van der Waals surface area contributed by atoms with E-state index in [0.29, 0.717) is 30.8 Å². The average molecular weight is 278 g/mol. The number of esters is 1. The van der Waals surface area contributed by atoms with E-state index in [2.05, 4.69) is 10.6 Å². The van der Waals surface area contributed by atoms with Gasteiger partial charge in [0.05, 0.1) is 12.2 Å². The summed E-state index contributed by atoms with van der Waals surface area (Å²) in [5.74, 6) is -0.381. The Balaban J connectivity index is 2.46. The Morgan fingerprint density at radius 3 is 2.35 bits per heavy atom. The molecule has 0 aromatic heterocycles. The third-order valence-electron chi connectivity index (χ3n) is 2.42. The number of ether oxygens (including phenoxy) is 1. The van der Waals surface area contributed by atoms with Gasteiger partial charge in [-0.25, -0.2) is 9.59 Å². The number of nitrogens with one attached hydrogen (secondary N) is 2. The Labute approximate surface area is 117 Å². The van der Waals surface area contributed by atoms with E-state index in [1.165, 1.54) is 6.92 Å². The predicted octanol–water partition coefficient (Wildman–Crippen LogP) is 1.96. The van der Waals surface area contributed by atoms with Crippen molar-refractivity contribution in [2.75, 3.05) is 18.5 Å². The van der Waals surface area contributed by atoms with Crippen LogP contribution in [0.5, 0.6) is 0 Å². The molecule has 20 heavy (non-hydrogen) atoms. The van der Waals surface area contributed by atoms with E-state index >= 15 is 0 Å². The van der Waals surface area contributed by atoms with Crippen molar-refractivity contribution in [1.29, 1.82) is 0 Å². The Kier molecular flexibility index (Phi) is 6.22. The predicted molar refractivity (Wildman–Crippen MR) is 74.7 cm³/mol. The van der Waals surface area contributed by atoms with Crippen LogP contribution in [-0.2, 0) is 9.53 Å². The lowest BCUT2D eigenvalue weighted by molar-refractivity contribution is -0.116. The molecule has 0 bridgehead atoms. The molecular weight excluding hydrogens is 260 g/mol. The first-order chi connectivity index (χ1) is 9.52. The second-order valence-corrected chi connectivity index (χ2v) is 4.13. The summed E-state index contributed by atoms with van der Waals surface area (Å²) in [6.07, 6.45) is 0.301. The van der Waals surface area contributed by atoms with E-state index in [9.17, 15) is 14.4 Å². The first kappa shape index (κ1) is 15.7. The number of carbonyl (C=O) groups excluding carboxylic acids is 3. The Morgan fingerprint density at radius 2 is 1.80 bits per heavy atom. The molecule has 2 N–H and O–H groups in total. The fourth-order valence-electron chi connectivity index (χ4n) is 1.43. The second kappa shape index (κ2) is 7.93. The molecule has 2 amide bonds. The molecule has 0 heterocycles. The van der Waals surface area contributed by atoms with Crippen LogP contribution >= 0.6 is 0 Å². The monoisotopic (exact) mass is 278 g/mol. The third-order valence-corrected chi connectivity index (χ3v) is 2.42. The summed E-state index contributed by atoms with van der Waals surface area (Å²) in [7, 11) is 0. The maximum absolute atomic E-state index is 11.5. The minimum Gasteiger partial charge on any atom is -0.462 e. The number of carbonyl (C=O) groups is 3. The number of amides is 2. The van der Waals surface area contributed by atoms with Gasteiger partial charge in [-0.3, -0.25) is 4.79 Å². The highest BCUT2D eigenvalue weighted by Crippen LogP contribution is 2.10. The fraction of sp³-hybridized carbons (Fsp3) is 0.357. The summed E-state index contributed by atoms with van der Waals surface area (Å²) < 4.78 is 4.85. The van der Waals surface area contributed by atoms with E-state index in [4.69, 9.17) is 4.74 Å². The minimum absolute atomic E-state index is 0.0177. The van der Waals surface area contributed by atoms with Crippen molar-refractivity contribution < 1.29 is 19.1 Å². The van der Waals surface area contributed by atoms with Gasteiger partial charge in [0.1, 0.15) is 5.78 Å². The molecule has 0 aliphatic carbocycles. The smallest absolute Gasteiger partial charge is 0.338 e. The lowest BCUT2D eigenvalue weighted by atomic mass is 10.2. The van der Waals surface area contributed by atoms with Crippen molar-refractivity contribution in [1.82, 2.24) is 5.32 Å². The average Bonchev–Trinajstić information content (AvgIpc) is 2.39. The maximum atomic E-state index is 11.5. The molecule has 6 nitrogen and oxygen atoms in total. The number of hydrogen-bond donors (Lipinski definition) is 2. The van der Waals surface area contributed by atoms with Gasteiger partial charge >= 0.3 is 12.0 Å². The van der Waals surface area contributed by atoms with E-state index in [1.807, 2.05) is 0 Å². The molecule has 6 heteroatoms. The summed E-state index contributed by atoms with van der Waals surface area (Å²) >= 11 is 0. The van der Waals surface area contributed by atoms with Gasteiger partial charge in [-0.15, -0.1) is 0 Å². The van der Waals surface area contributed by atoms with Crippen LogP contribution in [0.25, 0.3) is 0 Å². The SMILES string of the molecule is CCOC(=O)c1ccc(NC(=O)NCCC(C)=O)cc1. The molecule has 0 unspecified atom stereocenters. The molecule has 0 spiro atoms. The van der Waals surface area contributed by atoms with E-state index < -0.39 is 12.0 Å². The van der Waals surface area contributed by atoms with Crippen molar-refractivity contribution in [3.63, 3.8) is 0 Å². The molecule has 0 aliphatic heterocycles. The molecule has 0 fully saturated rings. The number of urea groups is 1. The Morgan fingerprint density at radius 1 is 1.15 bits per heavy atom. The Bertz CT molecular complexity index is 482. The van der Waals surface area contributed by atoms with Gasteiger partial charge in [-0.05, 0) is 38.1 Å². The van der Waals surface area contributed by atoms with Crippen LogP contribution in [0.2, 0.25) is 0 Å². The maximum Gasteiger partial charge on any atom is 0.338 e. The van der Waals surface area contributed by atoms with Gasteiger partial charge in [0, 0.05) is 18.7 Å². The van der Waals surface area contributed by atoms with Crippen molar-refractivity contribution in [3.05, 3.63) is 29.8 Å². The summed E-state index contributed by atoms with van der Waals surface area (Å²) in [6.45, 7) is 3.81. The standard InChI is InChI=1S/C14H18N2O4/c1-3-20-13(18)11-4-6-12(7-5-11)16-14(19)15-9-8-10(2)17/h4-7H,3,8-9H2,1-2H3,(H2,15,16,19). The zero-order valence-electron chi connectivity index (χ0n) is 11.6. The minimum atomic E-state index is -0.398. The highest BCUT2D eigenvalue weighted by molar-refractivity contribution is 5.92. The molecule has 0 aliphatic rings. The highest BCUT2D eigenvalue weighted by Gasteiger charge is 2.06. The van der Waals surface area contributed by atoms with Crippen LogP contribution in [0.15, 0.2) is 24.3 Å². The van der Waals surface area contributed by atoms with E-state index in [1.54, 1.807) is 31.2 Å². The van der Waals surface area contributed by atoms with Crippen molar-refractivity contribution >= 4 is 23.5 Å². The zero-order chi connectivity index (χ0) is 15.0. The number of hydrogen-bond acceptors (Lipinski definition) is 4. The fourth-order valence-corrected chi connectivity index (χ4v) is 1.43. The Hall–Kier alpha value is -2.37. The lowest BCUT2D eigenvalue weighted by Gasteiger charge is -2.07. The summed E-state index contributed by atoms with van der Waals surface area (Å²) in [5, 5.41) is 5.16. The molecule has 0 saturated heterocycles. The molecule has 0 atom stereocenters. The summed E-state index contributed by atoms with van der Waals surface area (Å²) in [5.41, 5.74) is 0.979. The van der Waals surface area contributed by atoms with Gasteiger partial charge in [0.25, 0.3) is 0 Å². The van der Waals surface area contributed by atoms with E-state index in [0.717, 1.165) is 0 Å². The second-order valence-electron chi connectivity index (χ2n) is 4.13. The summed E-state index contributed by atoms with van der Waals surface area (Å²) in [4.78, 5) is 33.6. The normalized spacial score (nSPS) is 9.70. The molecule has 1 aromatic carbocycles. The topological polar surface area (TPSA) is 84.5 Å². The van der Waals surface area contributed by atoms with Crippen molar-refractivity contribution in [3.8, 4) is 0 Å². The molecule has 1 rings (SSSR count). The van der Waals surface area contributed by atoms with Crippen LogP contribution < -0.4 is 10.6 Å². The molecule has 108 valence electrons. The summed E-state index contributed by atoms with van der Waals surface area (Å²) in [6, 6.07) is 5.97. The van der Waals surface area contributed by atoms with Gasteiger partial charge < -0.3 is 15.4 Å². The first-order valence-electron chi connectivity index (χ1n) is 6.34. The molecule has 1 aromatic rings. The van der Waals surface area contributed by atoms with Crippen molar-refractivity contribution in [2.24, 2.45) is 0 Å². The zero-order valence-corrected chi connectivity index (χ0v) is 11.6. The van der Waals surface area contributed by atoms with Gasteiger partial charge in [-0.2, -0.15) is 0 Å². The molecule has 0 radical (unpaired) electrons. The number of ketones is 1. The third kappa shape index (κ3) is 5.51. The number of rotatable bonds is 6. The number of anilines is 1. The van der Waals surface area contributed by atoms with Crippen LogP contribution in [0.1, 0.15) is 30.6 Å². The number of Topliss-reactive ketones (excluding diaryl/α,β-unsaturated/α-hetero) is 1. The quantitative estimate of drug-likeness (QED) is 0.779. The van der Waals surface area contributed by atoms with Crippen LogP contribution in [0, 0.1) is 0 Å². The van der Waals surface area contributed by atoms with Crippen LogP contribution in [0.3, 0.4) is 0 Å². The van der Waals surface area contributed by atoms with E-state index in [-0.39, 0.29) is 5.78 Å². The van der Waals surface area contributed by atoms with Gasteiger partial charge in [-0.1, -0.05) is 0 Å². The first-order valence-corrected chi connectivity index (χ1v) is 6.34. The van der Waals surface area contributed by atoms with Crippen LogP contribution in [0.4, 0.5) is 10.5 Å². The van der Waals surface area contributed by atoms with Gasteiger partial charge in [0.2, 0.25) is 0 Å². The lowest BCUT2D eigenvalue weighted by Crippen LogP contribution is -2.30. The highest BCUT2D eigenvalue weighted by atomic mass is 16.5. The number of benzene rings is 1. The molecule has 0 saturated carbocycles. The molecular formula is C14H18N2O4. The van der Waals surface area contributed by atoms with Gasteiger partial charge in [0.15, 0.2) is 0 Å². The van der Waals surface area contributed by atoms with Crippen LogP contribution in [-0.4, -0.2) is 30.9 Å². The largest absolute Gasteiger partial charge is 0.462 e.